The van der Waals surface area contributed by atoms with Crippen molar-refractivity contribution in [3.05, 3.63) is 11.4 Å². The lowest BCUT2D eigenvalue weighted by atomic mass is 10.0. The minimum absolute atomic E-state index is 0.000119. The Morgan fingerprint density at radius 1 is 0.374 bits per heavy atom. The number of carbonyl (C=O) groups is 4. The van der Waals surface area contributed by atoms with Gasteiger partial charge in [-0.1, -0.05) is 26.0 Å². The molecule has 1 heterocycles. The van der Waals surface area contributed by atoms with Gasteiger partial charge in [0.2, 0.25) is 17.7 Å². The summed E-state index contributed by atoms with van der Waals surface area (Å²) in [6.07, 6.45) is 5.20. The second kappa shape index (κ2) is 67.2. The summed E-state index contributed by atoms with van der Waals surface area (Å²) in [5.74, 6) is 1.73. The van der Waals surface area contributed by atoms with Crippen molar-refractivity contribution in [3.63, 3.8) is 0 Å². The summed E-state index contributed by atoms with van der Waals surface area (Å²) in [6.45, 7) is 26.8. The van der Waals surface area contributed by atoms with E-state index in [1.54, 1.807) is 0 Å². The Morgan fingerprint density at radius 2 is 0.667 bits per heavy atom. The zero-order valence-corrected chi connectivity index (χ0v) is 60.0. The summed E-state index contributed by atoms with van der Waals surface area (Å²) in [5, 5.41) is 20.2. The average Bonchev–Trinajstić information content (AvgIpc) is 1.62. The van der Waals surface area contributed by atoms with Crippen molar-refractivity contribution in [1.82, 2.24) is 36.3 Å². The van der Waals surface area contributed by atoms with Gasteiger partial charge in [0.15, 0.2) is 0 Å². The van der Waals surface area contributed by atoms with Gasteiger partial charge < -0.3 is 121 Å². The van der Waals surface area contributed by atoms with E-state index < -0.39 is 6.09 Å². The fourth-order valence-electron chi connectivity index (χ4n) is 9.50. The number of rotatable bonds is 75. The fraction of sp³-hybridized carbons (Fsp3) is 0.910. The normalized spacial score (nSPS) is 15.0. The number of nitrogens with zero attached hydrogens (tertiary/aromatic N) is 3. The zero-order chi connectivity index (χ0) is 70.6. The molecule has 4 amide bonds. The number of alkyl carbamates (subject to hydrolysis) is 1. The molecule has 578 valence electrons. The van der Waals surface area contributed by atoms with Gasteiger partial charge in [0.05, 0.1) is 289 Å². The van der Waals surface area contributed by atoms with Crippen molar-refractivity contribution < 1.29 is 119 Å². The Hall–Kier alpha value is -3.98. The number of carbonyl (C=O) groups excluding carboxylic acids is 4. The molecule has 1 aromatic heterocycles. The number of hydrogen-bond donors (Lipinski definition) is 4. The number of fused-ring (bicyclic) bond motifs is 2. The Balaban J connectivity index is 0.941. The van der Waals surface area contributed by atoms with Gasteiger partial charge in [-0.05, 0) is 55.8 Å². The third-order valence-corrected chi connectivity index (χ3v) is 14.8. The van der Waals surface area contributed by atoms with Crippen LogP contribution in [0.2, 0.25) is 0 Å². The van der Waals surface area contributed by atoms with Gasteiger partial charge in [-0.3, -0.25) is 14.4 Å². The standard InChI is InChI=1S/C67H125N7O25/c1-4-12-68-64(75)9-16-79-22-28-85-34-40-91-47-50-95-44-38-89-32-26-83-20-14-70-67(78)99-57-61-59-5-7-62-63(8-6-60(59)61)74(73-72-62)15-21-84-27-33-90-39-45-96-51-53-98-55-54-97-52-48-92-41-35-86-29-23-80-17-10-65(76)69-13-19-82-25-31-88-37-43-94-49-46-93-42-36-87-30-24-81-18-11-66(77)71-56-58(2)3/h58-61H,4-57H2,1-3H3,(H,68,75)(H,69,76)(H,70,78)(H,71,77)/t59-,60+,61?/m0/s1. The number of aryl methyl sites for hydroxylation is 1. The predicted molar refractivity (Wildman–Crippen MR) is 361 cm³/mol. The Bertz CT molecular complexity index is 2030. The molecule has 3 rings (SSSR count). The molecule has 1 fully saturated rings. The largest absolute Gasteiger partial charge is 0.449 e. The third kappa shape index (κ3) is 55.3. The number of hydrogen-bond acceptors (Lipinski definition) is 27. The highest BCUT2D eigenvalue weighted by molar-refractivity contribution is 5.76. The van der Waals surface area contributed by atoms with Crippen LogP contribution in [0, 0.1) is 23.7 Å². The summed E-state index contributed by atoms with van der Waals surface area (Å²) in [7, 11) is 0. The van der Waals surface area contributed by atoms with Gasteiger partial charge in [-0.15, -0.1) is 5.10 Å². The molecule has 0 aliphatic heterocycles. The Kier molecular flexibility index (Phi) is 60.6. The van der Waals surface area contributed by atoms with E-state index in [2.05, 4.69) is 45.4 Å². The minimum atomic E-state index is -0.429. The van der Waals surface area contributed by atoms with Gasteiger partial charge in [-0.2, -0.15) is 0 Å². The van der Waals surface area contributed by atoms with Crippen LogP contribution in [0.5, 0.6) is 0 Å². The maximum absolute atomic E-state index is 12.4. The first-order valence-corrected chi connectivity index (χ1v) is 35.9. The van der Waals surface area contributed by atoms with E-state index in [1.165, 1.54) is 5.69 Å². The smallest absolute Gasteiger partial charge is 0.407 e. The lowest BCUT2D eigenvalue weighted by molar-refractivity contribution is -0.123. The van der Waals surface area contributed by atoms with Gasteiger partial charge in [-0.25, -0.2) is 9.48 Å². The van der Waals surface area contributed by atoms with Crippen LogP contribution in [0.4, 0.5) is 4.79 Å². The van der Waals surface area contributed by atoms with Crippen LogP contribution in [-0.2, 0) is 133 Å². The summed E-state index contributed by atoms with van der Waals surface area (Å²) in [6, 6.07) is 0. The van der Waals surface area contributed by atoms with E-state index in [4.69, 9.17) is 99.5 Å². The number of nitrogens with one attached hydrogen (secondary N) is 4. The zero-order valence-electron chi connectivity index (χ0n) is 60.0. The maximum Gasteiger partial charge on any atom is 0.407 e. The summed E-state index contributed by atoms with van der Waals surface area (Å²) >= 11 is 0. The molecule has 1 unspecified atom stereocenters. The Labute approximate surface area is 587 Å². The Morgan fingerprint density at radius 3 is 1.01 bits per heavy atom. The van der Waals surface area contributed by atoms with E-state index in [0.29, 0.717) is 340 Å². The summed E-state index contributed by atoms with van der Waals surface area (Å²) < 4.78 is 118. The molecule has 0 aromatic carbocycles. The first-order chi connectivity index (χ1) is 48.8. The van der Waals surface area contributed by atoms with Crippen molar-refractivity contribution in [3.8, 4) is 0 Å². The van der Waals surface area contributed by atoms with Crippen LogP contribution in [0.25, 0.3) is 0 Å². The van der Waals surface area contributed by atoms with E-state index in [0.717, 1.165) is 37.8 Å². The first kappa shape index (κ1) is 89.2. The molecule has 1 aromatic rings. The second-order valence-corrected chi connectivity index (χ2v) is 23.2. The predicted octanol–water partition coefficient (Wildman–Crippen LogP) is 1.66. The molecular formula is C67H125N7O25. The number of ether oxygens (including phenoxy) is 21. The SMILES string of the molecule is CCCNC(=O)CCOCCOCCOCCOCCOCCOCCNC(=O)OCC1[C@H]2CCc3nnn(CCOCCOCCOCCOCCOCCOCCOCCOCCC(=O)NCCOCCOCCOCCOCCOCCOCCC(=O)NCC(C)C)c3CC[C@@H]12. The third-order valence-electron chi connectivity index (χ3n) is 14.8. The molecule has 1 saturated carbocycles. The van der Waals surface area contributed by atoms with Crippen molar-refractivity contribution >= 4 is 23.8 Å². The highest BCUT2D eigenvalue weighted by Crippen LogP contribution is 2.53. The molecule has 3 atom stereocenters. The molecule has 32 heteroatoms. The average molecular weight is 1430 g/mol. The monoisotopic (exact) mass is 1430 g/mol. The molecule has 32 nitrogen and oxygen atoms in total. The van der Waals surface area contributed by atoms with Crippen molar-refractivity contribution in [2.75, 3.05) is 297 Å². The minimum Gasteiger partial charge on any atom is -0.449 e. The van der Waals surface area contributed by atoms with Crippen molar-refractivity contribution in [2.45, 2.75) is 78.7 Å². The van der Waals surface area contributed by atoms with Crippen LogP contribution in [0.3, 0.4) is 0 Å². The summed E-state index contributed by atoms with van der Waals surface area (Å²) in [5.41, 5.74) is 2.22. The maximum atomic E-state index is 12.4. The molecule has 99 heavy (non-hydrogen) atoms. The molecule has 2 aliphatic rings. The van der Waals surface area contributed by atoms with Gasteiger partial charge in [0, 0.05) is 45.4 Å². The fourth-order valence-corrected chi connectivity index (χ4v) is 9.50. The van der Waals surface area contributed by atoms with Crippen LogP contribution < -0.4 is 21.3 Å². The molecule has 2 aliphatic carbocycles. The molecule has 4 N–H and O–H groups in total. The van der Waals surface area contributed by atoms with Crippen LogP contribution in [0.15, 0.2) is 0 Å². The lowest BCUT2D eigenvalue weighted by Crippen LogP contribution is -2.29. The highest BCUT2D eigenvalue weighted by atomic mass is 16.6. The van der Waals surface area contributed by atoms with E-state index in [-0.39, 0.29) is 24.1 Å². The number of amides is 4. The van der Waals surface area contributed by atoms with Crippen molar-refractivity contribution in [2.24, 2.45) is 23.7 Å². The number of aromatic nitrogens is 3. The van der Waals surface area contributed by atoms with Crippen LogP contribution >= 0.6 is 0 Å². The van der Waals surface area contributed by atoms with Gasteiger partial charge >= 0.3 is 6.09 Å². The molecule has 0 bridgehead atoms. The quantitative estimate of drug-likeness (QED) is 0.0674. The van der Waals surface area contributed by atoms with Crippen molar-refractivity contribution in [1.29, 1.82) is 0 Å². The van der Waals surface area contributed by atoms with Gasteiger partial charge in [0.1, 0.15) is 0 Å². The van der Waals surface area contributed by atoms with E-state index >= 15 is 0 Å². The molecule has 0 spiro atoms. The highest BCUT2D eigenvalue weighted by Gasteiger charge is 2.50. The molecule has 0 saturated heterocycles. The summed E-state index contributed by atoms with van der Waals surface area (Å²) in [4.78, 5) is 47.6. The second-order valence-electron chi connectivity index (χ2n) is 23.2. The lowest BCUT2D eigenvalue weighted by Gasteiger charge is -2.11. The first-order valence-electron chi connectivity index (χ1n) is 35.9. The van der Waals surface area contributed by atoms with E-state index in [1.807, 2.05) is 11.6 Å². The topological polar surface area (TPSA) is 341 Å². The molecular weight excluding hydrogens is 1300 g/mol. The van der Waals surface area contributed by atoms with Crippen LogP contribution in [-0.4, -0.2) is 336 Å². The van der Waals surface area contributed by atoms with E-state index in [9.17, 15) is 19.2 Å². The van der Waals surface area contributed by atoms with Crippen LogP contribution in [0.1, 0.15) is 70.7 Å². The molecule has 0 radical (unpaired) electrons. The van der Waals surface area contributed by atoms with Gasteiger partial charge in [0.25, 0.3) is 0 Å².